The van der Waals surface area contributed by atoms with Crippen molar-refractivity contribution in [2.75, 3.05) is 0 Å². The van der Waals surface area contributed by atoms with Crippen LogP contribution in [0.3, 0.4) is 0 Å². The highest BCUT2D eigenvalue weighted by molar-refractivity contribution is 6.52. The number of nitrogens with zero attached hydrogens (tertiary/aromatic N) is 1. The predicted molar refractivity (Wildman–Crippen MR) is 64.1 cm³/mol. The van der Waals surface area contributed by atoms with Gasteiger partial charge in [0.2, 0.25) is 5.78 Å². The zero-order valence-electron chi connectivity index (χ0n) is 9.73. The summed E-state index contributed by atoms with van der Waals surface area (Å²) in [5, 5.41) is 12.3. The van der Waals surface area contributed by atoms with E-state index >= 15 is 0 Å². The fraction of sp³-hybridized carbons (Fsp3) is 0.250. The van der Waals surface area contributed by atoms with Crippen molar-refractivity contribution in [3.63, 3.8) is 0 Å². The molecule has 94 valence electrons. The molecule has 0 saturated heterocycles. The molecule has 0 heterocycles. The maximum Gasteiger partial charge on any atom is 0.303 e. The van der Waals surface area contributed by atoms with E-state index in [0.29, 0.717) is 10.6 Å². The maximum atomic E-state index is 12.0. The van der Waals surface area contributed by atoms with Crippen LogP contribution in [0.25, 0.3) is 0 Å². The van der Waals surface area contributed by atoms with Crippen LogP contribution in [0.4, 0.5) is 0 Å². The van der Waals surface area contributed by atoms with E-state index in [0.717, 1.165) is 0 Å². The number of hydrogen-bond donors (Lipinski definition) is 1. The first-order chi connectivity index (χ1) is 8.40. The van der Waals surface area contributed by atoms with Gasteiger partial charge in [-0.2, -0.15) is 0 Å². The Bertz CT molecular complexity index is 581. The number of Topliss-reactive ketones (excluding diaryl/α,β-unsaturated/α-hetero) is 1. The van der Waals surface area contributed by atoms with Crippen molar-refractivity contribution in [3.05, 3.63) is 34.3 Å². The van der Waals surface area contributed by atoms with Crippen LogP contribution >= 0.6 is 11.6 Å². The zero-order chi connectivity index (χ0) is 13.5. The Hall–Kier alpha value is -1.88. The minimum Gasteiger partial charge on any atom is -0.448 e. The second kappa shape index (κ2) is 4.10. The lowest BCUT2D eigenvalue weighted by molar-refractivity contribution is -0.149. The summed E-state index contributed by atoms with van der Waals surface area (Å²) in [5.74, 6) is -1.08. The van der Waals surface area contributed by atoms with Gasteiger partial charge in [-0.1, -0.05) is 22.8 Å². The van der Waals surface area contributed by atoms with Crippen LogP contribution in [0.1, 0.15) is 29.8 Å². The molecule has 6 heteroatoms. The summed E-state index contributed by atoms with van der Waals surface area (Å²) in [4.78, 5) is 23.2. The number of esters is 1. The van der Waals surface area contributed by atoms with E-state index in [1.165, 1.54) is 19.9 Å². The first-order valence-corrected chi connectivity index (χ1v) is 5.55. The van der Waals surface area contributed by atoms with E-state index in [4.69, 9.17) is 21.5 Å². The van der Waals surface area contributed by atoms with Crippen LogP contribution in [0.15, 0.2) is 23.4 Å². The average Bonchev–Trinajstić information content (AvgIpc) is 2.46. The molecule has 0 spiro atoms. The molecule has 1 N–H and O–H groups in total. The average molecular weight is 268 g/mol. The van der Waals surface area contributed by atoms with Gasteiger partial charge in [-0.3, -0.25) is 9.59 Å². The predicted octanol–water partition coefficient (Wildman–Crippen LogP) is 2.14. The van der Waals surface area contributed by atoms with Crippen molar-refractivity contribution >= 4 is 29.1 Å². The molecular weight excluding hydrogens is 258 g/mol. The Balaban J connectivity index is 2.67. The van der Waals surface area contributed by atoms with Crippen molar-refractivity contribution < 1.29 is 19.5 Å². The molecule has 0 amide bonds. The SMILES string of the molecule is CC(=O)OC1(C)C(=NO)C(=O)c2cc(Cl)ccc21. The number of benzene rings is 1. The third kappa shape index (κ3) is 1.67. The van der Waals surface area contributed by atoms with Crippen LogP contribution in [0.2, 0.25) is 5.02 Å². The van der Waals surface area contributed by atoms with Crippen LogP contribution < -0.4 is 0 Å². The number of ether oxygens (including phenoxy) is 1. The third-order valence-electron chi connectivity index (χ3n) is 2.86. The first kappa shape index (κ1) is 12.6. The number of fused-ring (bicyclic) bond motifs is 1. The monoisotopic (exact) mass is 267 g/mol. The zero-order valence-corrected chi connectivity index (χ0v) is 10.5. The second-order valence-electron chi connectivity index (χ2n) is 4.09. The molecule has 0 fully saturated rings. The summed E-state index contributed by atoms with van der Waals surface area (Å²) < 4.78 is 5.15. The van der Waals surface area contributed by atoms with Gasteiger partial charge in [0.15, 0.2) is 11.3 Å². The number of hydrogen-bond acceptors (Lipinski definition) is 5. The van der Waals surface area contributed by atoms with E-state index in [1.807, 2.05) is 0 Å². The first-order valence-electron chi connectivity index (χ1n) is 5.17. The minimum atomic E-state index is -1.38. The Morgan fingerprint density at radius 3 is 2.72 bits per heavy atom. The summed E-state index contributed by atoms with van der Waals surface area (Å²) in [6.07, 6.45) is 0. The van der Waals surface area contributed by atoms with Crippen LogP contribution in [-0.2, 0) is 15.1 Å². The lowest BCUT2D eigenvalue weighted by Gasteiger charge is -2.24. The maximum absolute atomic E-state index is 12.0. The van der Waals surface area contributed by atoms with Crippen molar-refractivity contribution in [3.8, 4) is 0 Å². The highest BCUT2D eigenvalue weighted by atomic mass is 35.5. The fourth-order valence-corrected chi connectivity index (χ4v) is 2.30. The Morgan fingerprint density at radius 2 is 2.17 bits per heavy atom. The smallest absolute Gasteiger partial charge is 0.303 e. The molecule has 2 rings (SSSR count). The normalized spacial score (nSPS) is 24.2. The van der Waals surface area contributed by atoms with Crippen molar-refractivity contribution in [1.29, 1.82) is 0 Å². The van der Waals surface area contributed by atoms with Gasteiger partial charge in [0.25, 0.3) is 0 Å². The van der Waals surface area contributed by atoms with Gasteiger partial charge in [0.1, 0.15) is 0 Å². The van der Waals surface area contributed by atoms with E-state index in [1.54, 1.807) is 12.1 Å². The number of halogens is 1. The van der Waals surface area contributed by atoms with Gasteiger partial charge >= 0.3 is 5.97 Å². The molecule has 5 nitrogen and oxygen atoms in total. The molecule has 0 saturated carbocycles. The molecule has 1 atom stereocenters. The summed E-state index contributed by atoms with van der Waals surface area (Å²) in [7, 11) is 0. The van der Waals surface area contributed by atoms with Crippen LogP contribution in [0, 0.1) is 0 Å². The highest BCUT2D eigenvalue weighted by Crippen LogP contribution is 2.39. The highest BCUT2D eigenvalue weighted by Gasteiger charge is 2.49. The standard InChI is InChI=1S/C12H10ClNO4/c1-6(15)18-12(2)9-4-3-7(13)5-8(9)10(16)11(12)14-17/h3-5,17H,1-2H3. The largest absolute Gasteiger partial charge is 0.448 e. The lowest BCUT2D eigenvalue weighted by atomic mass is 9.97. The fourth-order valence-electron chi connectivity index (χ4n) is 2.12. The molecule has 1 unspecified atom stereocenters. The number of carbonyl (C=O) groups is 2. The molecule has 18 heavy (non-hydrogen) atoms. The van der Waals surface area contributed by atoms with E-state index in [9.17, 15) is 9.59 Å². The number of rotatable bonds is 1. The number of oxime groups is 1. The Kier molecular flexibility index (Phi) is 2.86. The summed E-state index contributed by atoms with van der Waals surface area (Å²) in [6, 6.07) is 4.62. The van der Waals surface area contributed by atoms with Crippen molar-refractivity contribution in [1.82, 2.24) is 0 Å². The third-order valence-corrected chi connectivity index (χ3v) is 3.09. The van der Waals surface area contributed by atoms with Gasteiger partial charge < -0.3 is 9.94 Å². The van der Waals surface area contributed by atoms with Crippen LogP contribution in [-0.4, -0.2) is 22.7 Å². The van der Waals surface area contributed by atoms with Gasteiger partial charge in [-0.05, 0) is 19.1 Å². The quantitative estimate of drug-likeness (QED) is 0.480. The minimum absolute atomic E-state index is 0.227. The molecule has 1 aromatic carbocycles. The summed E-state index contributed by atoms with van der Waals surface area (Å²) in [5.41, 5.74) is -0.869. The number of ketones is 1. The molecular formula is C12H10ClNO4. The van der Waals surface area contributed by atoms with Gasteiger partial charge in [-0.25, -0.2) is 0 Å². The summed E-state index contributed by atoms with van der Waals surface area (Å²) >= 11 is 5.82. The molecule has 0 radical (unpaired) electrons. The second-order valence-corrected chi connectivity index (χ2v) is 4.53. The molecule has 0 aromatic heterocycles. The van der Waals surface area contributed by atoms with Gasteiger partial charge in [0, 0.05) is 23.1 Å². The van der Waals surface area contributed by atoms with Gasteiger partial charge in [-0.15, -0.1) is 0 Å². The Morgan fingerprint density at radius 1 is 1.50 bits per heavy atom. The topological polar surface area (TPSA) is 76.0 Å². The molecule has 1 aliphatic rings. The van der Waals surface area contributed by atoms with E-state index < -0.39 is 17.4 Å². The van der Waals surface area contributed by atoms with Crippen LogP contribution in [0.5, 0.6) is 0 Å². The lowest BCUT2D eigenvalue weighted by Crippen LogP contribution is -2.35. The van der Waals surface area contributed by atoms with Crippen molar-refractivity contribution in [2.24, 2.45) is 5.16 Å². The van der Waals surface area contributed by atoms with E-state index in [-0.39, 0.29) is 11.3 Å². The molecule has 0 aliphatic heterocycles. The summed E-state index contributed by atoms with van der Waals surface area (Å²) in [6.45, 7) is 2.72. The molecule has 1 aromatic rings. The van der Waals surface area contributed by atoms with E-state index in [2.05, 4.69) is 5.16 Å². The molecule has 1 aliphatic carbocycles. The van der Waals surface area contributed by atoms with Gasteiger partial charge in [0.05, 0.1) is 0 Å². The van der Waals surface area contributed by atoms with Crippen molar-refractivity contribution in [2.45, 2.75) is 19.4 Å². The Labute approximate surface area is 108 Å². The molecule has 0 bridgehead atoms. The number of carbonyl (C=O) groups excluding carboxylic acids is 2.